The Morgan fingerprint density at radius 1 is 0.913 bits per heavy atom. The van der Waals surface area contributed by atoms with E-state index in [1.807, 2.05) is 12.1 Å². The van der Waals surface area contributed by atoms with Crippen LogP contribution in [0.25, 0.3) is 10.9 Å². The molecule has 1 N–H and O–H groups in total. The summed E-state index contributed by atoms with van der Waals surface area (Å²) in [6.45, 7) is 0. The Morgan fingerprint density at radius 2 is 1.52 bits per heavy atom. The molecule has 23 heavy (non-hydrogen) atoms. The van der Waals surface area contributed by atoms with Gasteiger partial charge in [-0.1, -0.05) is 35.4 Å². The summed E-state index contributed by atoms with van der Waals surface area (Å²) in [5.74, 6) is -2.05. The summed E-state index contributed by atoms with van der Waals surface area (Å²) >= 11 is 0. The standard InChI is InChI=1S/C17H10N2O4/c20-15-11-6-1-2-7-12(11)16(21)19(15)23-17(22)13-9-18-14-8-4-3-5-10(13)14/h1-9,18H. The van der Waals surface area contributed by atoms with E-state index in [0.717, 1.165) is 5.52 Å². The van der Waals surface area contributed by atoms with Gasteiger partial charge in [-0.3, -0.25) is 9.59 Å². The van der Waals surface area contributed by atoms with E-state index in [1.54, 1.807) is 24.3 Å². The molecule has 2 amide bonds. The fourth-order valence-corrected chi connectivity index (χ4v) is 2.62. The molecule has 3 aromatic rings. The van der Waals surface area contributed by atoms with E-state index < -0.39 is 17.8 Å². The van der Waals surface area contributed by atoms with Crippen LogP contribution in [0.1, 0.15) is 31.1 Å². The zero-order chi connectivity index (χ0) is 16.0. The van der Waals surface area contributed by atoms with Crippen molar-refractivity contribution in [2.75, 3.05) is 0 Å². The zero-order valence-electron chi connectivity index (χ0n) is 11.8. The molecule has 4 rings (SSSR count). The van der Waals surface area contributed by atoms with E-state index in [9.17, 15) is 14.4 Å². The Kier molecular flexibility index (Phi) is 2.77. The molecule has 1 aliphatic rings. The van der Waals surface area contributed by atoms with Gasteiger partial charge in [-0.25, -0.2) is 4.79 Å². The quantitative estimate of drug-likeness (QED) is 0.738. The Morgan fingerprint density at radius 3 is 2.22 bits per heavy atom. The Hall–Kier alpha value is -3.41. The lowest BCUT2D eigenvalue weighted by molar-refractivity contribution is -0.0583. The molecule has 0 aliphatic carbocycles. The molecule has 6 heteroatoms. The molecule has 1 aliphatic heterocycles. The van der Waals surface area contributed by atoms with E-state index in [0.29, 0.717) is 10.4 Å². The van der Waals surface area contributed by atoms with Gasteiger partial charge >= 0.3 is 5.97 Å². The number of carbonyl (C=O) groups is 3. The normalized spacial score (nSPS) is 13.5. The maximum absolute atomic E-state index is 12.3. The third-order valence-electron chi connectivity index (χ3n) is 3.74. The number of imide groups is 1. The number of amides is 2. The highest BCUT2D eigenvalue weighted by atomic mass is 16.7. The molecule has 0 radical (unpaired) electrons. The van der Waals surface area contributed by atoms with Crippen LogP contribution in [0.5, 0.6) is 0 Å². The summed E-state index contributed by atoms with van der Waals surface area (Å²) in [5.41, 5.74) is 1.48. The highest BCUT2D eigenvalue weighted by Gasteiger charge is 2.39. The van der Waals surface area contributed by atoms with E-state index in [1.165, 1.54) is 18.3 Å². The number of nitrogens with zero attached hydrogens (tertiary/aromatic N) is 1. The summed E-state index contributed by atoms with van der Waals surface area (Å²) in [7, 11) is 0. The first kappa shape index (κ1) is 13.3. The van der Waals surface area contributed by atoms with Crippen molar-refractivity contribution in [3.8, 4) is 0 Å². The molecule has 0 spiro atoms. The lowest BCUT2D eigenvalue weighted by Gasteiger charge is -2.12. The van der Waals surface area contributed by atoms with Gasteiger partial charge in [0.2, 0.25) is 0 Å². The smallest absolute Gasteiger partial charge is 0.360 e. The molecule has 2 aromatic carbocycles. The third-order valence-corrected chi connectivity index (χ3v) is 3.74. The molecular weight excluding hydrogens is 296 g/mol. The number of aromatic amines is 1. The molecule has 1 aromatic heterocycles. The molecule has 6 nitrogen and oxygen atoms in total. The first-order chi connectivity index (χ1) is 11.2. The van der Waals surface area contributed by atoms with Crippen molar-refractivity contribution < 1.29 is 19.2 Å². The van der Waals surface area contributed by atoms with Crippen LogP contribution < -0.4 is 0 Å². The average molecular weight is 306 g/mol. The molecule has 112 valence electrons. The van der Waals surface area contributed by atoms with Crippen molar-refractivity contribution in [3.05, 3.63) is 71.4 Å². The van der Waals surface area contributed by atoms with Gasteiger partial charge in [-0.05, 0) is 18.2 Å². The summed E-state index contributed by atoms with van der Waals surface area (Å²) in [5, 5.41) is 1.17. The summed E-state index contributed by atoms with van der Waals surface area (Å²) < 4.78 is 0. The summed E-state index contributed by atoms with van der Waals surface area (Å²) in [4.78, 5) is 44.7. The highest BCUT2D eigenvalue weighted by molar-refractivity contribution is 6.21. The van der Waals surface area contributed by atoms with Crippen LogP contribution in [0.15, 0.2) is 54.7 Å². The number of benzene rings is 2. The van der Waals surface area contributed by atoms with Gasteiger partial charge in [0.15, 0.2) is 0 Å². The van der Waals surface area contributed by atoms with Crippen molar-refractivity contribution in [2.45, 2.75) is 0 Å². The number of para-hydroxylation sites is 1. The van der Waals surface area contributed by atoms with Crippen LogP contribution in [0.3, 0.4) is 0 Å². The first-order valence-corrected chi connectivity index (χ1v) is 6.93. The third kappa shape index (κ3) is 1.92. The van der Waals surface area contributed by atoms with E-state index in [2.05, 4.69) is 4.98 Å². The van der Waals surface area contributed by atoms with Crippen LogP contribution in [0, 0.1) is 0 Å². The van der Waals surface area contributed by atoms with Crippen LogP contribution in [-0.4, -0.2) is 27.8 Å². The minimum Gasteiger partial charge on any atom is -0.360 e. The number of rotatable bonds is 2. The largest absolute Gasteiger partial charge is 0.366 e. The highest BCUT2D eigenvalue weighted by Crippen LogP contribution is 2.25. The number of nitrogens with one attached hydrogen (secondary N) is 1. The summed E-state index contributed by atoms with van der Waals surface area (Å²) in [6, 6.07) is 13.5. The van der Waals surface area contributed by atoms with E-state index >= 15 is 0 Å². The second kappa shape index (κ2) is 4.81. The van der Waals surface area contributed by atoms with Crippen molar-refractivity contribution in [3.63, 3.8) is 0 Å². The lowest BCUT2D eigenvalue weighted by atomic mass is 10.1. The second-order valence-electron chi connectivity index (χ2n) is 5.08. The average Bonchev–Trinajstić information content (AvgIpc) is 3.11. The number of carbonyl (C=O) groups excluding carboxylic acids is 3. The Labute approximate surface area is 130 Å². The van der Waals surface area contributed by atoms with Crippen molar-refractivity contribution >= 4 is 28.7 Å². The molecule has 0 bridgehead atoms. The fraction of sp³-hybridized carbons (Fsp3) is 0. The van der Waals surface area contributed by atoms with Gasteiger partial charge in [0.1, 0.15) is 0 Å². The molecule has 0 fully saturated rings. The number of fused-ring (bicyclic) bond motifs is 2. The number of hydrogen-bond donors (Lipinski definition) is 1. The second-order valence-corrected chi connectivity index (χ2v) is 5.08. The van der Waals surface area contributed by atoms with Crippen molar-refractivity contribution in [1.82, 2.24) is 10.0 Å². The molecule has 0 saturated carbocycles. The molecule has 0 unspecified atom stereocenters. The first-order valence-electron chi connectivity index (χ1n) is 6.93. The lowest BCUT2D eigenvalue weighted by Crippen LogP contribution is -2.32. The van der Waals surface area contributed by atoms with Crippen LogP contribution in [0.4, 0.5) is 0 Å². The number of hydrogen-bond acceptors (Lipinski definition) is 4. The van der Waals surface area contributed by atoms with Gasteiger partial charge < -0.3 is 9.82 Å². The van der Waals surface area contributed by atoms with Crippen molar-refractivity contribution in [2.24, 2.45) is 0 Å². The van der Waals surface area contributed by atoms with Gasteiger partial charge in [-0.2, -0.15) is 0 Å². The minimum absolute atomic E-state index is 0.226. The monoisotopic (exact) mass is 306 g/mol. The predicted molar refractivity (Wildman–Crippen MR) is 80.7 cm³/mol. The zero-order valence-corrected chi connectivity index (χ0v) is 11.8. The van der Waals surface area contributed by atoms with Gasteiger partial charge in [0.05, 0.1) is 16.7 Å². The predicted octanol–water partition coefficient (Wildman–Crippen LogP) is 2.54. The molecule has 0 atom stereocenters. The Bertz CT molecular complexity index is 938. The molecule has 0 saturated heterocycles. The van der Waals surface area contributed by atoms with Crippen molar-refractivity contribution in [1.29, 1.82) is 0 Å². The Balaban J connectivity index is 1.65. The van der Waals surface area contributed by atoms with Crippen LogP contribution in [-0.2, 0) is 4.84 Å². The maximum atomic E-state index is 12.3. The number of aromatic nitrogens is 1. The topological polar surface area (TPSA) is 79.5 Å². The van der Waals surface area contributed by atoms with Crippen LogP contribution >= 0.6 is 0 Å². The van der Waals surface area contributed by atoms with Gasteiger partial charge in [-0.15, -0.1) is 0 Å². The number of hydroxylamine groups is 2. The summed E-state index contributed by atoms with van der Waals surface area (Å²) in [6.07, 6.45) is 1.49. The molecular formula is C17H10N2O4. The fourth-order valence-electron chi connectivity index (χ4n) is 2.62. The van der Waals surface area contributed by atoms with E-state index in [-0.39, 0.29) is 16.7 Å². The molecule has 2 heterocycles. The maximum Gasteiger partial charge on any atom is 0.366 e. The van der Waals surface area contributed by atoms with E-state index in [4.69, 9.17) is 4.84 Å². The van der Waals surface area contributed by atoms with Crippen LogP contribution in [0.2, 0.25) is 0 Å². The van der Waals surface area contributed by atoms with Gasteiger partial charge in [0.25, 0.3) is 11.8 Å². The SMILES string of the molecule is O=C(ON1C(=O)c2ccccc2C1=O)c1c[nH]c2ccccc12. The van der Waals surface area contributed by atoms with Gasteiger partial charge in [0, 0.05) is 17.1 Å². The number of H-pyrrole nitrogens is 1. The minimum atomic E-state index is -0.767.